The highest BCUT2D eigenvalue weighted by atomic mass is 35.5. The Hall–Kier alpha value is -2.78. The molecule has 3 N–H and O–H groups in total. The minimum atomic E-state index is -4.05. The molecule has 0 unspecified atom stereocenters. The molecular formula is C19H20ClN3O5S. The Morgan fingerprint density at radius 3 is 2.55 bits per heavy atom. The Kier molecular flexibility index (Phi) is 6.29. The Labute approximate surface area is 173 Å². The summed E-state index contributed by atoms with van der Waals surface area (Å²) in [6.07, 6.45) is 1.68. The second-order valence-electron chi connectivity index (χ2n) is 6.49. The maximum Gasteiger partial charge on any atom is 0.265 e. The van der Waals surface area contributed by atoms with Gasteiger partial charge in [0.15, 0.2) is 0 Å². The number of rotatable bonds is 8. The van der Waals surface area contributed by atoms with E-state index in [1.165, 1.54) is 31.4 Å². The first-order valence-electron chi connectivity index (χ1n) is 8.83. The SMILES string of the molecule is COc1ccc(NC(=O)CNC(=O)C2CC2)cc1S(=O)(=O)Nc1ccccc1Cl. The number of ether oxygens (including phenoxy) is 1. The molecule has 8 nitrogen and oxygen atoms in total. The normalized spacial score (nSPS) is 13.4. The maximum absolute atomic E-state index is 12.8. The lowest BCUT2D eigenvalue weighted by Gasteiger charge is -2.14. The minimum Gasteiger partial charge on any atom is -0.495 e. The number of benzene rings is 2. The first-order valence-corrected chi connectivity index (χ1v) is 10.7. The summed E-state index contributed by atoms with van der Waals surface area (Å²) in [5.74, 6) is -0.519. The molecule has 29 heavy (non-hydrogen) atoms. The number of carbonyl (C=O) groups is 2. The Bertz CT molecular complexity index is 1040. The van der Waals surface area contributed by atoms with Gasteiger partial charge in [-0.15, -0.1) is 0 Å². The van der Waals surface area contributed by atoms with E-state index in [2.05, 4.69) is 15.4 Å². The van der Waals surface area contributed by atoms with E-state index in [0.717, 1.165) is 12.8 Å². The van der Waals surface area contributed by atoms with E-state index in [9.17, 15) is 18.0 Å². The Balaban J connectivity index is 1.76. The Morgan fingerprint density at radius 1 is 1.17 bits per heavy atom. The third-order valence-corrected chi connectivity index (χ3v) is 5.94. The van der Waals surface area contributed by atoms with Crippen LogP contribution in [0.4, 0.5) is 11.4 Å². The average Bonchev–Trinajstić information content (AvgIpc) is 3.53. The van der Waals surface area contributed by atoms with Crippen LogP contribution in [0, 0.1) is 5.92 Å². The number of anilines is 2. The van der Waals surface area contributed by atoms with Crippen LogP contribution in [0.15, 0.2) is 47.4 Å². The number of nitrogens with one attached hydrogen (secondary N) is 3. The Morgan fingerprint density at radius 2 is 1.90 bits per heavy atom. The van der Waals surface area contributed by atoms with E-state index in [1.54, 1.807) is 18.2 Å². The topological polar surface area (TPSA) is 114 Å². The second-order valence-corrected chi connectivity index (χ2v) is 8.55. The number of hydrogen-bond donors (Lipinski definition) is 3. The van der Waals surface area contributed by atoms with Crippen molar-refractivity contribution in [3.05, 3.63) is 47.5 Å². The molecule has 0 saturated heterocycles. The number of methoxy groups -OCH3 is 1. The third kappa shape index (κ3) is 5.39. The fraction of sp³-hybridized carbons (Fsp3) is 0.263. The van der Waals surface area contributed by atoms with Gasteiger partial charge < -0.3 is 15.4 Å². The van der Waals surface area contributed by atoms with Gasteiger partial charge in [0.2, 0.25) is 11.8 Å². The monoisotopic (exact) mass is 437 g/mol. The highest BCUT2D eigenvalue weighted by Gasteiger charge is 2.29. The zero-order valence-electron chi connectivity index (χ0n) is 15.6. The van der Waals surface area contributed by atoms with Crippen molar-refractivity contribution in [3.8, 4) is 5.75 Å². The molecule has 0 radical (unpaired) electrons. The molecule has 10 heteroatoms. The van der Waals surface area contributed by atoms with Crippen molar-refractivity contribution in [3.63, 3.8) is 0 Å². The van der Waals surface area contributed by atoms with Crippen molar-refractivity contribution in [1.29, 1.82) is 0 Å². The molecule has 0 aromatic heterocycles. The lowest BCUT2D eigenvalue weighted by Crippen LogP contribution is -2.33. The molecule has 0 heterocycles. The summed E-state index contributed by atoms with van der Waals surface area (Å²) in [6, 6.07) is 10.6. The molecule has 3 rings (SSSR count). The summed E-state index contributed by atoms with van der Waals surface area (Å²) in [5, 5.41) is 5.36. The number of carbonyl (C=O) groups excluding carboxylic acids is 2. The van der Waals surface area contributed by atoms with Crippen molar-refractivity contribution in [2.45, 2.75) is 17.7 Å². The molecule has 2 amide bonds. The van der Waals surface area contributed by atoms with E-state index in [4.69, 9.17) is 16.3 Å². The van der Waals surface area contributed by atoms with E-state index in [-0.39, 0.29) is 45.4 Å². The molecule has 0 aliphatic heterocycles. The molecule has 1 aliphatic carbocycles. The lowest BCUT2D eigenvalue weighted by molar-refractivity contribution is -0.125. The van der Waals surface area contributed by atoms with Gasteiger partial charge in [-0.2, -0.15) is 0 Å². The zero-order valence-corrected chi connectivity index (χ0v) is 17.1. The average molecular weight is 438 g/mol. The highest BCUT2D eigenvalue weighted by molar-refractivity contribution is 7.92. The van der Waals surface area contributed by atoms with Crippen LogP contribution in [0.5, 0.6) is 5.75 Å². The number of hydrogen-bond acceptors (Lipinski definition) is 5. The predicted octanol–water partition coefficient (Wildman–Crippen LogP) is 2.61. The molecule has 0 atom stereocenters. The van der Waals surface area contributed by atoms with Gasteiger partial charge in [0.25, 0.3) is 10.0 Å². The largest absolute Gasteiger partial charge is 0.495 e. The molecule has 1 fully saturated rings. The van der Waals surface area contributed by atoms with Crippen LogP contribution < -0.4 is 20.1 Å². The molecule has 2 aromatic carbocycles. The summed E-state index contributed by atoms with van der Waals surface area (Å²) in [7, 11) is -2.70. The van der Waals surface area contributed by atoms with Crippen molar-refractivity contribution in [2.75, 3.05) is 23.7 Å². The summed E-state index contributed by atoms with van der Waals surface area (Å²) >= 11 is 6.03. The fourth-order valence-electron chi connectivity index (χ4n) is 2.57. The van der Waals surface area contributed by atoms with Crippen LogP contribution in [0.2, 0.25) is 5.02 Å². The van der Waals surface area contributed by atoms with Crippen molar-refractivity contribution < 1.29 is 22.7 Å². The molecule has 0 spiro atoms. The number of amides is 2. The fourth-order valence-corrected chi connectivity index (χ4v) is 4.09. The first kappa shape index (κ1) is 20.9. The molecular weight excluding hydrogens is 418 g/mol. The van der Waals surface area contributed by atoms with Crippen LogP contribution in [0.1, 0.15) is 12.8 Å². The summed E-state index contributed by atoms with van der Waals surface area (Å²) in [4.78, 5) is 23.5. The standard InChI is InChI=1S/C19H20ClN3O5S/c1-28-16-9-8-13(22-18(24)11-21-19(25)12-6-7-12)10-17(16)29(26,27)23-15-5-3-2-4-14(15)20/h2-5,8-10,12,23H,6-7,11H2,1H3,(H,21,25)(H,22,24). The number of sulfonamides is 1. The van der Waals surface area contributed by atoms with E-state index >= 15 is 0 Å². The lowest BCUT2D eigenvalue weighted by atomic mass is 10.3. The zero-order chi connectivity index (χ0) is 21.0. The molecule has 1 aliphatic rings. The summed E-state index contributed by atoms with van der Waals surface area (Å²) in [5.41, 5.74) is 0.462. The van der Waals surface area contributed by atoms with Gasteiger partial charge in [-0.05, 0) is 43.2 Å². The molecule has 0 bridgehead atoms. The molecule has 154 valence electrons. The quantitative estimate of drug-likeness (QED) is 0.587. The summed E-state index contributed by atoms with van der Waals surface area (Å²) in [6.45, 7) is -0.193. The smallest absolute Gasteiger partial charge is 0.265 e. The van der Waals surface area contributed by atoms with Gasteiger partial charge in [0.05, 0.1) is 24.4 Å². The minimum absolute atomic E-state index is 0.00332. The van der Waals surface area contributed by atoms with Crippen molar-refractivity contribution >= 4 is 44.8 Å². The van der Waals surface area contributed by atoms with E-state index < -0.39 is 15.9 Å². The van der Waals surface area contributed by atoms with Crippen LogP contribution in [-0.2, 0) is 19.6 Å². The number of halogens is 1. The predicted molar refractivity (Wildman–Crippen MR) is 110 cm³/mol. The van der Waals surface area contributed by atoms with Gasteiger partial charge in [-0.3, -0.25) is 14.3 Å². The number of para-hydroxylation sites is 1. The van der Waals surface area contributed by atoms with Crippen molar-refractivity contribution in [2.24, 2.45) is 5.92 Å². The van der Waals surface area contributed by atoms with Gasteiger partial charge in [0, 0.05) is 11.6 Å². The van der Waals surface area contributed by atoms with Crippen LogP contribution in [-0.4, -0.2) is 33.9 Å². The maximum atomic E-state index is 12.8. The second kappa shape index (κ2) is 8.71. The van der Waals surface area contributed by atoms with Gasteiger partial charge in [-0.25, -0.2) is 8.42 Å². The highest BCUT2D eigenvalue weighted by Crippen LogP contribution is 2.31. The van der Waals surface area contributed by atoms with Gasteiger partial charge in [-0.1, -0.05) is 23.7 Å². The first-order chi connectivity index (χ1) is 13.8. The van der Waals surface area contributed by atoms with Gasteiger partial charge >= 0.3 is 0 Å². The molecule has 1 saturated carbocycles. The van der Waals surface area contributed by atoms with Crippen LogP contribution in [0.25, 0.3) is 0 Å². The van der Waals surface area contributed by atoms with Gasteiger partial charge in [0.1, 0.15) is 10.6 Å². The molecule has 2 aromatic rings. The summed E-state index contributed by atoms with van der Waals surface area (Å²) < 4.78 is 33.3. The third-order valence-electron chi connectivity index (χ3n) is 4.23. The van der Waals surface area contributed by atoms with E-state index in [1.807, 2.05) is 0 Å². The van der Waals surface area contributed by atoms with Crippen molar-refractivity contribution in [1.82, 2.24) is 5.32 Å². The van der Waals surface area contributed by atoms with E-state index in [0.29, 0.717) is 0 Å². The van der Waals surface area contributed by atoms with Crippen LogP contribution in [0.3, 0.4) is 0 Å². The van der Waals surface area contributed by atoms with Crippen LogP contribution >= 0.6 is 11.6 Å².